The maximum atomic E-state index is 5.80. The number of hydrogen-bond acceptors (Lipinski definition) is 3. The molecule has 0 spiro atoms. The molecular weight excluding hydrogens is 260 g/mol. The van der Waals surface area contributed by atoms with Crippen LogP contribution in [0.25, 0.3) is 0 Å². The molecule has 0 amide bonds. The van der Waals surface area contributed by atoms with Crippen molar-refractivity contribution in [2.75, 3.05) is 20.8 Å². The van der Waals surface area contributed by atoms with Crippen molar-refractivity contribution in [1.82, 2.24) is 4.90 Å². The summed E-state index contributed by atoms with van der Waals surface area (Å²) in [5.41, 5.74) is 6.87. The molecule has 1 aromatic rings. The van der Waals surface area contributed by atoms with Crippen LogP contribution in [0.4, 0.5) is 0 Å². The van der Waals surface area contributed by atoms with E-state index in [4.69, 9.17) is 27.4 Å². The number of hydrogen-bond donors (Lipinski definition) is 1. The molecule has 0 aromatic heterocycles. The zero-order chi connectivity index (χ0) is 13.8. The van der Waals surface area contributed by atoms with E-state index in [-0.39, 0.29) is 0 Å². The highest BCUT2D eigenvalue weighted by Crippen LogP contribution is 2.31. The molecule has 1 fully saturated rings. The molecule has 0 atom stereocenters. The van der Waals surface area contributed by atoms with E-state index in [2.05, 4.69) is 0 Å². The van der Waals surface area contributed by atoms with Gasteiger partial charge in [-0.05, 0) is 43.1 Å². The zero-order valence-corrected chi connectivity index (χ0v) is 12.2. The van der Waals surface area contributed by atoms with E-state index >= 15 is 0 Å². The number of nitrogens with zero attached hydrogens (tertiary/aromatic N) is 1. The van der Waals surface area contributed by atoms with Gasteiger partial charge in [-0.25, -0.2) is 0 Å². The second-order valence-electron chi connectivity index (χ2n) is 4.84. The number of thiocarbonyl (C=S) groups is 1. The zero-order valence-electron chi connectivity index (χ0n) is 11.4. The normalized spacial score (nSPS) is 14.0. The minimum Gasteiger partial charge on any atom is -0.497 e. The van der Waals surface area contributed by atoms with Gasteiger partial charge in [0.25, 0.3) is 0 Å². The molecule has 0 radical (unpaired) electrons. The summed E-state index contributed by atoms with van der Waals surface area (Å²) in [6.45, 7) is 1.61. The van der Waals surface area contributed by atoms with Crippen LogP contribution in [-0.4, -0.2) is 30.8 Å². The molecule has 104 valence electrons. The smallest absolute Gasteiger partial charge is 0.166 e. The predicted octanol–water partition coefficient (Wildman–Crippen LogP) is 2.16. The molecule has 0 saturated heterocycles. The van der Waals surface area contributed by atoms with Crippen LogP contribution in [-0.2, 0) is 6.54 Å². The largest absolute Gasteiger partial charge is 0.497 e. The van der Waals surface area contributed by atoms with Crippen molar-refractivity contribution in [3.05, 3.63) is 23.8 Å². The average Bonchev–Trinajstić information content (AvgIpc) is 3.22. The lowest BCUT2D eigenvalue weighted by Crippen LogP contribution is -2.36. The van der Waals surface area contributed by atoms with Crippen molar-refractivity contribution in [3.8, 4) is 11.5 Å². The lowest BCUT2D eigenvalue weighted by Gasteiger charge is -2.24. The molecule has 0 heterocycles. The van der Waals surface area contributed by atoms with Gasteiger partial charge in [0, 0.05) is 24.7 Å². The van der Waals surface area contributed by atoms with Gasteiger partial charge in [0.2, 0.25) is 0 Å². The molecule has 0 unspecified atom stereocenters. The Kier molecular flexibility index (Phi) is 4.47. The first-order valence-corrected chi connectivity index (χ1v) is 6.80. The van der Waals surface area contributed by atoms with Gasteiger partial charge < -0.3 is 20.1 Å². The van der Waals surface area contributed by atoms with E-state index in [0.717, 1.165) is 29.5 Å². The van der Waals surface area contributed by atoms with Crippen molar-refractivity contribution < 1.29 is 9.47 Å². The third kappa shape index (κ3) is 3.73. The monoisotopic (exact) mass is 280 g/mol. The van der Waals surface area contributed by atoms with Crippen LogP contribution in [0, 0.1) is 5.92 Å². The predicted molar refractivity (Wildman–Crippen MR) is 79.5 cm³/mol. The average molecular weight is 280 g/mol. The van der Waals surface area contributed by atoms with E-state index in [1.165, 1.54) is 12.8 Å². The summed E-state index contributed by atoms with van der Waals surface area (Å²) in [5.74, 6) is 2.33. The Morgan fingerprint density at radius 1 is 1.37 bits per heavy atom. The van der Waals surface area contributed by atoms with Crippen LogP contribution in [0.3, 0.4) is 0 Å². The summed E-state index contributed by atoms with van der Waals surface area (Å²) in [4.78, 5) is 2.04. The molecular formula is C14H20N2O2S. The van der Waals surface area contributed by atoms with Crippen LogP contribution in [0.15, 0.2) is 18.2 Å². The summed E-state index contributed by atoms with van der Waals surface area (Å²) >= 11 is 5.13. The Hall–Kier alpha value is -1.49. The molecule has 1 aliphatic carbocycles. The van der Waals surface area contributed by atoms with Crippen LogP contribution in [0.2, 0.25) is 0 Å². The molecule has 1 saturated carbocycles. The number of nitrogens with two attached hydrogens (primary N) is 1. The fourth-order valence-corrected chi connectivity index (χ4v) is 2.17. The van der Waals surface area contributed by atoms with Crippen molar-refractivity contribution in [3.63, 3.8) is 0 Å². The highest BCUT2D eigenvalue weighted by Gasteiger charge is 2.25. The van der Waals surface area contributed by atoms with Crippen molar-refractivity contribution in [2.45, 2.75) is 19.4 Å². The Morgan fingerprint density at radius 2 is 2.11 bits per heavy atom. The van der Waals surface area contributed by atoms with Crippen LogP contribution in [0.5, 0.6) is 11.5 Å². The van der Waals surface area contributed by atoms with Gasteiger partial charge >= 0.3 is 0 Å². The Balaban J connectivity index is 2.12. The summed E-state index contributed by atoms with van der Waals surface area (Å²) in [5, 5.41) is 0.449. The Morgan fingerprint density at radius 3 is 2.63 bits per heavy atom. The van der Waals surface area contributed by atoms with Crippen LogP contribution in [0.1, 0.15) is 18.4 Å². The molecule has 1 aromatic carbocycles. The van der Waals surface area contributed by atoms with Gasteiger partial charge in [-0.2, -0.15) is 0 Å². The summed E-state index contributed by atoms with van der Waals surface area (Å²) < 4.78 is 10.6. The maximum Gasteiger partial charge on any atom is 0.166 e. The Labute approximate surface area is 119 Å². The third-order valence-electron chi connectivity index (χ3n) is 3.34. The van der Waals surface area contributed by atoms with E-state index < -0.39 is 0 Å². The fraction of sp³-hybridized carbons (Fsp3) is 0.500. The summed E-state index contributed by atoms with van der Waals surface area (Å²) in [6.07, 6.45) is 2.55. The van der Waals surface area contributed by atoms with Crippen LogP contribution >= 0.6 is 12.2 Å². The quantitative estimate of drug-likeness (QED) is 0.809. The van der Waals surface area contributed by atoms with Gasteiger partial charge in [-0.15, -0.1) is 0 Å². The standard InChI is InChI=1S/C14H20N2O2S/c1-17-12-6-5-11(13(7-12)18-2)9-16(14(15)19)8-10-3-4-10/h5-7,10H,3-4,8-9H2,1-2H3,(H2,15,19). The number of benzene rings is 1. The first kappa shape index (κ1) is 13.9. The maximum absolute atomic E-state index is 5.80. The molecule has 4 nitrogen and oxygen atoms in total. The minimum atomic E-state index is 0.449. The highest BCUT2D eigenvalue weighted by molar-refractivity contribution is 7.80. The molecule has 2 N–H and O–H groups in total. The molecule has 0 bridgehead atoms. The van der Waals surface area contributed by atoms with Crippen LogP contribution < -0.4 is 15.2 Å². The number of methoxy groups -OCH3 is 2. The molecule has 2 rings (SSSR count). The lowest BCUT2D eigenvalue weighted by atomic mass is 10.1. The van der Waals surface area contributed by atoms with Gasteiger partial charge in [0.05, 0.1) is 14.2 Å². The van der Waals surface area contributed by atoms with Crippen molar-refractivity contribution >= 4 is 17.3 Å². The first-order chi connectivity index (χ1) is 9.13. The van der Waals surface area contributed by atoms with Crippen molar-refractivity contribution in [2.24, 2.45) is 11.7 Å². The van der Waals surface area contributed by atoms with E-state index in [1.54, 1.807) is 14.2 Å². The highest BCUT2D eigenvalue weighted by atomic mass is 32.1. The second kappa shape index (κ2) is 6.10. The van der Waals surface area contributed by atoms with Gasteiger partial charge in [-0.3, -0.25) is 0 Å². The molecule has 5 heteroatoms. The third-order valence-corrected chi connectivity index (χ3v) is 3.60. The topological polar surface area (TPSA) is 47.7 Å². The lowest BCUT2D eigenvalue weighted by molar-refractivity contribution is 0.365. The SMILES string of the molecule is COc1ccc(CN(CC2CC2)C(N)=S)c(OC)c1. The summed E-state index contributed by atoms with van der Waals surface area (Å²) in [6, 6.07) is 5.80. The van der Waals surface area contributed by atoms with Crippen molar-refractivity contribution in [1.29, 1.82) is 0 Å². The van der Waals surface area contributed by atoms with E-state index in [1.807, 2.05) is 23.1 Å². The van der Waals surface area contributed by atoms with Gasteiger partial charge in [-0.1, -0.05) is 0 Å². The molecule has 0 aliphatic heterocycles. The Bertz CT molecular complexity index is 461. The molecule has 1 aliphatic rings. The van der Waals surface area contributed by atoms with Gasteiger partial charge in [0.15, 0.2) is 5.11 Å². The summed E-state index contributed by atoms with van der Waals surface area (Å²) in [7, 11) is 3.30. The fourth-order valence-electron chi connectivity index (χ4n) is 2.03. The molecule has 19 heavy (non-hydrogen) atoms. The first-order valence-electron chi connectivity index (χ1n) is 6.39. The van der Waals surface area contributed by atoms with E-state index in [0.29, 0.717) is 11.7 Å². The van der Waals surface area contributed by atoms with Gasteiger partial charge in [0.1, 0.15) is 11.5 Å². The van der Waals surface area contributed by atoms with E-state index in [9.17, 15) is 0 Å². The minimum absolute atomic E-state index is 0.449. The second-order valence-corrected chi connectivity index (χ2v) is 5.26. The number of rotatable bonds is 6. The number of ether oxygens (including phenoxy) is 2.